The summed E-state index contributed by atoms with van der Waals surface area (Å²) >= 11 is 0.925. The van der Waals surface area contributed by atoms with Crippen LogP contribution in [0.5, 0.6) is 5.75 Å². The minimum atomic E-state index is -0.493. The zero-order chi connectivity index (χ0) is 11.5. The number of halogens is 1. The second-order valence-electron chi connectivity index (χ2n) is 2.97. The number of benzene rings is 1. The van der Waals surface area contributed by atoms with Crippen LogP contribution >= 0.6 is 11.7 Å². The highest BCUT2D eigenvalue weighted by Crippen LogP contribution is 2.21. The summed E-state index contributed by atoms with van der Waals surface area (Å²) in [7, 11) is 1.42. The molecule has 1 aromatic heterocycles. The van der Waals surface area contributed by atoms with Gasteiger partial charge in [0.1, 0.15) is 17.3 Å². The number of rotatable bonds is 3. The number of ketones is 1. The van der Waals surface area contributed by atoms with E-state index in [-0.39, 0.29) is 11.3 Å². The van der Waals surface area contributed by atoms with Gasteiger partial charge in [-0.25, -0.2) is 4.39 Å². The van der Waals surface area contributed by atoms with Gasteiger partial charge in [0.25, 0.3) is 0 Å². The molecule has 16 heavy (non-hydrogen) atoms. The molecule has 0 N–H and O–H groups in total. The summed E-state index contributed by atoms with van der Waals surface area (Å²) < 4.78 is 25.6. The number of methoxy groups -OCH3 is 1. The maximum Gasteiger partial charge on any atom is 0.217 e. The Morgan fingerprint density at radius 1 is 1.50 bits per heavy atom. The quantitative estimate of drug-likeness (QED) is 0.766. The van der Waals surface area contributed by atoms with Crippen LogP contribution in [0.2, 0.25) is 0 Å². The highest BCUT2D eigenvalue weighted by atomic mass is 32.1. The molecule has 1 heterocycles. The van der Waals surface area contributed by atoms with Crippen molar-refractivity contribution in [1.82, 2.24) is 8.75 Å². The third-order valence-electron chi connectivity index (χ3n) is 2.00. The SMILES string of the molecule is COc1ccc(F)cc1C(=O)c1cnsn1. The lowest BCUT2D eigenvalue weighted by Crippen LogP contribution is -2.04. The molecule has 0 spiro atoms. The Morgan fingerprint density at radius 3 is 2.94 bits per heavy atom. The van der Waals surface area contributed by atoms with Gasteiger partial charge in [-0.1, -0.05) is 0 Å². The normalized spacial score (nSPS) is 10.1. The van der Waals surface area contributed by atoms with Crippen LogP contribution in [-0.4, -0.2) is 21.6 Å². The van der Waals surface area contributed by atoms with Crippen LogP contribution in [0.25, 0.3) is 0 Å². The molecule has 0 aliphatic heterocycles. The molecule has 0 unspecified atom stereocenters. The van der Waals surface area contributed by atoms with Gasteiger partial charge in [-0.2, -0.15) is 8.75 Å². The van der Waals surface area contributed by atoms with Crippen molar-refractivity contribution in [2.45, 2.75) is 0 Å². The van der Waals surface area contributed by atoms with Crippen molar-refractivity contribution in [3.63, 3.8) is 0 Å². The molecule has 2 aromatic rings. The fourth-order valence-electron chi connectivity index (χ4n) is 1.26. The fourth-order valence-corrected chi connectivity index (χ4v) is 1.67. The second-order valence-corrected chi connectivity index (χ2v) is 3.52. The number of hydrogen-bond acceptors (Lipinski definition) is 5. The van der Waals surface area contributed by atoms with Gasteiger partial charge in [0.05, 0.1) is 30.6 Å². The van der Waals surface area contributed by atoms with Crippen LogP contribution in [0, 0.1) is 5.82 Å². The zero-order valence-electron chi connectivity index (χ0n) is 8.31. The molecule has 0 radical (unpaired) electrons. The van der Waals surface area contributed by atoms with Gasteiger partial charge >= 0.3 is 0 Å². The molecule has 1 aromatic carbocycles. The molecule has 0 amide bonds. The Hall–Kier alpha value is -1.82. The summed E-state index contributed by atoms with van der Waals surface area (Å²) in [5.41, 5.74) is 0.337. The van der Waals surface area contributed by atoms with Crippen LogP contribution in [0.4, 0.5) is 4.39 Å². The molecule has 0 atom stereocenters. The van der Waals surface area contributed by atoms with Crippen molar-refractivity contribution in [3.05, 3.63) is 41.5 Å². The molecule has 0 fully saturated rings. The predicted molar refractivity (Wildman–Crippen MR) is 56.3 cm³/mol. The zero-order valence-corrected chi connectivity index (χ0v) is 9.12. The van der Waals surface area contributed by atoms with Crippen molar-refractivity contribution in [3.8, 4) is 5.75 Å². The number of nitrogens with zero attached hydrogens (tertiary/aromatic N) is 2. The van der Waals surface area contributed by atoms with Gasteiger partial charge in [-0.05, 0) is 18.2 Å². The first-order valence-corrected chi connectivity index (χ1v) is 5.11. The molecule has 4 nitrogen and oxygen atoms in total. The lowest BCUT2D eigenvalue weighted by atomic mass is 10.1. The number of carbonyl (C=O) groups is 1. The highest BCUT2D eigenvalue weighted by molar-refractivity contribution is 6.99. The smallest absolute Gasteiger partial charge is 0.217 e. The van der Waals surface area contributed by atoms with Gasteiger partial charge in [0.15, 0.2) is 0 Å². The largest absolute Gasteiger partial charge is 0.496 e. The van der Waals surface area contributed by atoms with Crippen molar-refractivity contribution in [2.24, 2.45) is 0 Å². The standard InChI is InChI=1S/C10H7FN2O2S/c1-15-9-3-2-6(11)4-7(9)10(14)8-5-12-16-13-8/h2-5H,1H3. The molecule has 0 saturated heterocycles. The van der Waals surface area contributed by atoms with E-state index in [4.69, 9.17) is 4.74 Å². The summed E-state index contributed by atoms with van der Waals surface area (Å²) in [6.07, 6.45) is 1.34. The van der Waals surface area contributed by atoms with E-state index in [0.29, 0.717) is 5.75 Å². The first-order chi connectivity index (χ1) is 7.72. The van der Waals surface area contributed by atoms with Crippen LogP contribution in [0.3, 0.4) is 0 Å². The minimum absolute atomic E-state index is 0.148. The van der Waals surface area contributed by atoms with Crippen molar-refractivity contribution < 1.29 is 13.9 Å². The van der Waals surface area contributed by atoms with E-state index in [0.717, 1.165) is 17.8 Å². The van der Waals surface area contributed by atoms with E-state index >= 15 is 0 Å². The summed E-state index contributed by atoms with van der Waals surface area (Å²) in [5.74, 6) is -0.572. The molecule has 0 saturated carbocycles. The van der Waals surface area contributed by atoms with Crippen molar-refractivity contribution in [2.75, 3.05) is 7.11 Å². The highest BCUT2D eigenvalue weighted by Gasteiger charge is 2.17. The van der Waals surface area contributed by atoms with Crippen molar-refractivity contribution in [1.29, 1.82) is 0 Å². The van der Waals surface area contributed by atoms with Crippen LogP contribution in [0.1, 0.15) is 16.1 Å². The third-order valence-corrected chi connectivity index (χ3v) is 2.48. The summed E-state index contributed by atoms with van der Waals surface area (Å²) in [5, 5.41) is 0. The molecule has 0 aliphatic carbocycles. The number of aromatic nitrogens is 2. The van der Waals surface area contributed by atoms with E-state index in [2.05, 4.69) is 8.75 Å². The lowest BCUT2D eigenvalue weighted by Gasteiger charge is -2.05. The summed E-state index contributed by atoms with van der Waals surface area (Å²) in [6.45, 7) is 0. The first-order valence-electron chi connectivity index (χ1n) is 4.38. The van der Waals surface area contributed by atoms with Gasteiger partial charge < -0.3 is 4.74 Å². The third kappa shape index (κ3) is 1.92. The van der Waals surface area contributed by atoms with E-state index in [1.165, 1.54) is 25.4 Å². The Bertz CT molecular complexity index is 514. The van der Waals surface area contributed by atoms with Crippen LogP contribution in [0.15, 0.2) is 24.4 Å². The second kappa shape index (κ2) is 4.36. The fraction of sp³-hybridized carbons (Fsp3) is 0.100. The topological polar surface area (TPSA) is 52.1 Å². The number of carbonyl (C=O) groups excluding carboxylic acids is 1. The maximum absolute atomic E-state index is 13.0. The Balaban J connectivity index is 2.47. The van der Waals surface area contributed by atoms with E-state index in [9.17, 15) is 9.18 Å². The van der Waals surface area contributed by atoms with Gasteiger partial charge in [0.2, 0.25) is 5.78 Å². The average molecular weight is 238 g/mol. The summed E-state index contributed by atoms with van der Waals surface area (Å²) in [4.78, 5) is 11.9. The Morgan fingerprint density at radius 2 is 2.31 bits per heavy atom. The molecular weight excluding hydrogens is 231 g/mol. The Labute approximate surface area is 95.0 Å². The average Bonchev–Trinajstić information content (AvgIpc) is 2.81. The van der Waals surface area contributed by atoms with Gasteiger partial charge in [0, 0.05) is 0 Å². The first kappa shape index (κ1) is 10.7. The molecule has 6 heteroatoms. The minimum Gasteiger partial charge on any atom is -0.496 e. The van der Waals surface area contributed by atoms with E-state index in [1.807, 2.05) is 0 Å². The van der Waals surface area contributed by atoms with E-state index in [1.54, 1.807) is 0 Å². The van der Waals surface area contributed by atoms with Gasteiger partial charge in [-0.3, -0.25) is 4.79 Å². The predicted octanol–water partition coefficient (Wildman–Crippen LogP) is 1.92. The number of ether oxygens (including phenoxy) is 1. The van der Waals surface area contributed by atoms with Gasteiger partial charge in [-0.15, -0.1) is 0 Å². The van der Waals surface area contributed by atoms with E-state index < -0.39 is 11.6 Å². The summed E-state index contributed by atoms with van der Waals surface area (Å²) in [6, 6.07) is 3.76. The maximum atomic E-state index is 13.0. The monoisotopic (exact) mass is 238 g/mol. The van der Waals surface area contributed by atoms with Crippen LogP contribution < -0.4 is 4.74 Å². The lowest BCUT2D eigenvalue weighted by molar-refractivity contribution is 0.103. The Kier molecular flexibility index (Phi) is 2.91. The molecule has 2 rings (SSSR count). The molecular formula is C10H7FN2O2S. The number of hydrogen-bond donors (Lipinski definition) is 0. The van der Waals surface area contributed by atoms with Crippen molar-refractivity contribution >= 4 is 17.5 Å². The molecule has 0 bridgehead atoms. The molecule has 82 valence electrons. The molecule has 0 aliphatic rings. The van der Waals surface area contributed by atoms with Crippen LogP contribution in [-0.2, 0) is 0 Å².